The van der Waals surface area contributed by atoms with Gasteiger partial charge >= 0.3 is 0 Å². The van der Waals surface area contributed by atoms with Crippen LogP contribution in [-0.2, 0) is 0 Å². The standard InChI is InChI=1S/C12H19N/c1-2-3-4-5-6-7-8-9-10-11-12-13/h3-4,10-11H,2,5-9H2,1H3/b4-3-,11-10+. The van der Waals surface area contributed by atoms with Gasteiger partial charge in [-0.1, -0.05) is 31.6 Å². The second-order valence-corrected chi connectivity index (χ2v) is 3.05. The average Bonchev–Trinajstić information content (AvgIpc) is 2.16. The van der Waals surface area contributed by atoms with Gasteiger partial charge in [-0.3, -0.25) is 0 Å². The third-order valence-electron chi connectivity index (χ3n) is 1.84. The normalized spacial score (nSPS) is 11.1. The van der Waals surface area contributed by atoms with Crippen molar-refractivity contribution in [3.63, 3.8) is 0 Å². The van der Waals surface area contributed by atoms with Gasteiger partial charge in [0, 0.05) is 6.08 Å². The van der Waals surface area contributed by atoms with Crippen LogP contribution in [0.1, 0.15) is 45.4 Å². The lowest BCUT2D eigenvalue weighted by atomic mass is 10.1. The van der Waals surface area contributed by atoms with E-state index in [0.29, 0.717) is 0 Å². The highest BCUT2D eigenvalue weighted by Gasteiger charge is 1.84. The lowest BCUT2D eigenvalue weighted by molar-refractivity contribution is 0.695. The Labute approximate surface area is 81.8 Å². The molecule has 0 aromatic rings. The minimum atomic E-state index is 1.05. The first kappa shape index (κ1) is 12.0. The maximum atomic E-state index is 8.22. The minimum Gasteiger partial charge on any atom is -0.193 e. The number of rotatable bonds is 7. The van der Waals surface area contributed by atoms with E-state index in [1.54, 1.807) is 6.08 Å². The van der Waals surface area contributed by atoms with E-state index in [9.17, 15) is 0 Å². The maximum Gasteiger partial charge on any atom is 0.0908 e. The molecule has 0 spiro atoms. The Bertz CT molecular complexity index is 184. The molecule has 0 heterocycles. The highest BCUT2D eigenvalue weighted by molar-refractivity contribution is 5.01. The molecule has 0 fully saturated rings. The van der Waals surface area contributed by atoms with Crippen molar-refractivity contribution in [2.24, 2.45) is 0 Å². The highest BCUT2D eigenvalue weighted by atomic mass is 14.2. The molecule has 0 aliphatic heterocycles. The zero-order chi connectivity index (χ0) is 9.78. The summed E-state index contributed by atoms with van der Waals surface area (Å²) in [6.45, 7) is 2.16. The van der Waals surface area contributed by atoms with Gasteiger partial charge in [-0.25, -0.2) is 0 Å². The topological polar surface area (TPSA) is 23.8 Å². The van der Waals surface area contributed by atoms with Crippen molar-refractivity contribution >= 4 is 0 Å². The Balaban J connectivity index is 3.05. The van der Waals surface area contributed by atoms with Crippen molar-refractivity contribution in [2.45, 2.75) is 45.4 Å². The van der Waals surface area contributed by atoms with Crippen LogP contribution in [0.3, 0.4) is 0 Å². The van der Waals surface area contributed by atoms with Gasteiger partial charge in [0.05, 0.1) is 6.07 Å². The number of unbranched alkanes of at least 4 members (excludes halogenated alkanes) is 4. The molecule has 0 N–H and O–H groups in total. The first-order valence-electron chi connectivity index (χ1n) is 5.11. The van der Waals surface area contributed by atoms with Crippen LogP contribution in [0.4, 0.5) is 0 Å². The van der Waals surface area contributed by atoms with Crippen molar-refractivity contribution < 1.29 is 0 Å². The van der Waals surface area contributed by atoms with Gasteiger partial charge in [-0.2, -0.15) is 5.26 Å². The molecule has 0 aliphatic carbocycles. The summed E-state index contributed by atoms with van der Waals surface area (Å²) < 4.78 is 0. The summed E-state index contributed by atoms with van der Waals surface area (Å²) in [5, 5.41) is 8.22. The van der Waals surface area contributed by atoms with Crippen LogP contribution in [-0.4, -0.2) is 0 Å². The largest absolute Gasteiger partial charge is 0.193 e. The molecule has 0 aliphatic rings. The summed E-state index contributed by atoms with van der Waals surface area (Å²) in [4.78, 5) is 0. The number of allylic oxidation sites excluding steroid dienone is 4. The van der Waals surface area contributed by atoms with Crippen molar-refractivity contribution in [2.75, 3.05) is 0 Å². The quantitative estimate of drug-likeness (QED) is 0.328. The van der Waals surface area contributed by atoms with Crippen LogP contribution in [0.15, 0.2) is 24.3 Å². The van der Waals surface area contributed by atoms with E-state index >= 15 is 0 Å². The number of hydrogen-bond donors (Lipinski definition) is 0. The molecular weight excluding hydrogens is 158 g/mol. The molecule has 0 radical (unpaired) electrons. The summed E-state index contributed by atoms with van der Waals surface area (Å²) in [6, 6.07) is 1.99. The fourth-order valence-electron chi connectivity index (χ4n) is 1.12. The van der Waals surface area contributed by atoms with E-state index in [4.69, 9.17) is 5.26 Å². The summed E-state index contributed by atoms with van der Waals surface area (Å²) in [7, 11) is 0. The van der Waals surface area contributed by atoms with E-state index < -0.39 is 0 Å². The van der Waals surface area contributed by atoms with Crippen LogP contribution in [0.25, 0.3) is 0 Å². The van der Waals surface area contributed by atoms with Crippen LogP contribution in [0.5, 0.6) is 0 Å². The second kappa shape index (κ2) is 11.0. The molecule has 0 unspecified atom stereocenters. The Hall–Kier alpha value is -1.03. The molecule has 0 saturated carbocycles. The fraction of sp³-hybridized carbons (Fsp3) is 0.583. The lowest BCUT2D eigenvalue weighted by Gasteiger charge is -1.94. The van der Waals surface area contributed by atoms with Gasteiger partial charge in [0.2, 0.25) is 0 Å². The Morgan fingerprint density at radius 3 is 2.31 bits per heavy atom. The number of hydrogen-bond acceptors (Lipinski definition) is 1. The van der Waals surface area contributed by atoms with Gasteiger partial charge < -0.3 is 0 Å². The van der Waals surface area contributed by atoms with Crippen LogP contribution in [0, 0.1) is 11.3 Å². The Kier molecular flexibility index (Phi) is 10.1. The Morgan fingerprint density at radius 2 is 1.69 bits per heavy atom. The van der Waals surface area contributed by atoms with Gasteiger partial charge in [-0.05, 0) is 32.1 Å². The van der Waals surface area contributed by atoms with Crippen LogP contribution in [0.2, 0.25) is 0 Å². The van der Waals surface area contributed by atoms with Crippen molar-refractivity contribution in [3.05, 3.63) is 24.3 Å². The first-order chi connectivity index (χ1) is 6.41. The zero-order valence-electron chi connectivity index (χ0n) is 8.50. The van der Waals surface area contributed by atoms with Crippen molar-refractivity contribution in [1.82, 2.24) is 0 Å². The van der Waals surface area contributed by atoms with Gasteiger partial charge in [0.25, 0.3) is 0 Å². The van der Waals surface area contributed by atoms with E-state index in [-0.39, 0.29) is 0 Å². The minimum absolute atomic E-state index is 1.05. The molecule has 0 bridgehead atoms. The lowest BCUT2D eigenvalue weighted by Crippen LogP contribution is -1.74. The molecular formula is C12H19N. The third kappa shape index (κ3) is 11.0. The molecule has 0 rings (SSSR count). The van der Waals surface area contributed by atoms with Crippen LogP contribution >= 0.6 is 0 Å². The smallest absolute Gasteiger partial charge is 0.0908 e. The monoisotopic (exact) mass is 177 g/mol. The molecule has 72 valence electrons. The fourth-order valence-corrected chi connectivity index (χ4v) is 1.12. The zero-order valence-corrected chi connectivity index (χ0v) is 8.50. The van der Waals surface area contributed by atoms with E-state index in [1.807, 2.05) is 12.1 Å². The molecule has 0 aromatic carbocycles. The van der Waals surface area contributed by atoms with E-state index in [0.717, 1.165) is 12.8 Å². The van der Waals surface area contributed by atoms with Crippen molar-refractivity contribution in [3.8, 4) is 6.07 Å². The second-order valence-electron chi connectivity index (χ2n) is 3.05. The number of nitrogens with zero attached hydrogens (tertiary/aromatic N) is 1. The van der Waals surface area contributed by atoms with Crippen molar-refractivity contribution in [1.29, 1.82) is 5.26 Å². The molecule has 0 aromatic heterocycles. The van der Waals surface area contributed by atoms with Gasteiger partial charge in [0.1, 0.15) is 0 Å². The molecule has 13 heavy (non-hydrogen) atoms. The summed E-state index contributed by atoms with van der Waals surface area (Å²) in [5.74, 6) is 0. The maximum absolute atomic E-state index is 8.22. The van der Waals surface area contributed by atoms with E-state index in [2.05, 4.69) is 19.1 Å². The molecule has 1 heteroatoms. The molecule has 0 saturated heterocycles. The van der Waals surface area contributed by atoms with Crippen LogP contribution < -0.4 is 0 Å². The summed E-state index contributed by atoms with van der Waals surface area (Å²) >= 11 is 0. The highest BCUT2D eigenvalue weighted by Crippen LogP contribution is 2.04. The molecule has 1 nitrogen and oxygen atoms in total. The molecule has 0 amide bonds. The predicted molar refractivity (Wildman–Crippen MR) is 57.3 cm³/mol. The molecule has 0 atom stereocenters. The predicted octanol–water partition coefficient (Wildman–Crippen LogP) is 3.98. The SMILES string of the molecule is CC/C=C\CCCCC/C=C/C#N. The first-order valence-corrected chi connectivity index (χ1v) is 5.11. The van der Waals surface area contributed by atoms with Gasteiger partial charge in [-0.15, -0.1) is 0 Å². The Morgan fingerprint density at radius 1 is 1.00 bits per heavy atom. The third-order valence-corrected chi connectivity index (χ3v) is 1.84. The average molecular weight is 177 g/mol. The number of nitriles is 1. The summed E-state index contributed by atoms with van der Waals surface area (Å²) in [6.07, 6.45) is 15.1. The summed E-state index contributed by atoms with van der Waals surface area (Å²) in [5.41, 5.74) is 0. The van der Waals surface area contributed by atoms with Gasteiger partial charge in [0.15, 0.2) is 0 Å². The van der Waals surface area contributed by atoms with E-state index in [1.165, 1.54) is 25.7 Å².